The van der Waals surface area contributed by atoms with E-state index in [1.165, 1.54) is 0 Å². The average Bonchev–Trinajstić information content (AvgIpc) is 2.48. The predicted octanol–water partition coefficient (Wildman–Crippen LogP) is 2.13. The first kappa shape index (κ1) is 14.3. The maximum Gasteiger partial charge on any atom is 0.124 e. The molecule has 0 unspecified atom stereocenters. The van der Waals surface area contributed by atoms with E-state index in [0.29, 0.717) is 12.5 Å². The second-order valence-corrected chi connectivity index (χ2v) is 4.88. The first-order valence-corrected chi connectivity index (χ1v) is 6.75. The summed E-state index contributed by atoms with van der Waals surface area (Å²) in [4.78, 5) is 0. The number of ether oxygens (including phenoxy) is 3. The minimum absolute atomic E-state index is 0.0386. The van der Waals surface area contributed by atoms with Crippen LogP contribution in [0, 0.1) is 5.92 Å². The molecule has 0 atom stereocenters. The van der Waals surface area contributed by atoms with Crippen LogP contribution in [0.3, 0.4) is 0 Å². The molecule has 1 aromatic carbocycles. The molecule has 4 heteroatoms. The van der Waals surface area contributed by atoms with Gasteiger partial charge in [0.1, 0.15) is 5.75 Å². The largest absolute Gasteiger partial charge is 0.496 e. The Labute approximate surface area is 114 Å². The van der Waals surface area contributed by atoms with Gasteiger partial charge in [0, 0.05) is 18.8 Å². The Balaban J connectivity index is 1.86. The second-order valence-electron chi connectivity index (χ2n) is 4.88. The summed E-state index contributed by atoms with van der Waals surface area (Å²) in [5.74, 6) is 1.41. The maximum atomic E-state index is 9.16. The molecular weight excluding hydrogens is 244 g/mol. The smallest absolute Gasteiger partial charge is 0.124 e. The van der Waals surface area contributed by atoms with E-state index in [1.54, 1.807) is 7.11 Å². The summed E-state index contributed by atoms with van der Waals surface area (Å²) in [7, 11) is 1.65. The van der Waals surface area contributed by atoms with Gasteiger partial charge in [-0.15, -0.1) is 0 Å². The van der Waals surface area contributed by atoms with Gasteiger partial charge >= 0.3 is 0 Å². The highest BCUT2D eigenvalue weighted by Crippen LogP contribution is 2.22. The fourth-order valence-corrected chi connectivity index (χ4v) is 2.29. The topological polar surface area (TPSA) is 47.9 Å². The Morgan fingerprint density at radius 2 is 2.11 bits per heavy atom. The van der Waals surface area contributed by atoms with Gasteiger partial charge in [-0.2, -0.15) is 0 Å². The van der Waals surface area contributed by atoms with Gasteiger partial charge in [0.05, 0.1) is 26.9 Å². The molecule has 1 aliphatic rings. The van der Waals surface area contributed by atoms with Crippen molar-refractivity contribution >= 4 is 0 Å². The quantitative estimate of drug-likeness (QED) is 0.857. The van der Waals surface area contributed by atoms with E-state index in [1.807, 2.05) is 18.2 Å². The Morgan fingerprint density at radius 3 is 2.79 bits per heavy atom. The van der Waals surface area contributed by atoms with Gasteiger partial charge in [0.25, 0.3) is 0 Å². The highest BCUT2D eigenvalue weighted by Gasteiger charge is 2.14. The summed E-state index contributed by atoms with van der Waals surface area (Å²) in [6, 6.07) is 5.67. The molecule has 1 N–H and O–H groups in total. The van der Waals surface area contributed by atoms with Crippen LogP contribution in [0.1, 0.15) is 24.0 Å². The zero-order chi connectivity index (χ0) is 13.5. The predicted molar refractivity (Wildman–Crippen MR) is 72.1 cm³/mol. The molecule has 106 valence electrons. The molecule has 0 spiro atoms. The van der Waals surface area contributed by atoms with Crippen molar-refractivity contribution in [2.45, 2.75) is 26.1 Å². The van der Waals surface area contributed by atoms with E-state index < -0.39 is 0 Å². The highest BCUT2D eigenvalue weighted by molar-refractivity contribution is 5.36. The van der Waals surface area contributed by atoms with Crippen molar-refractivity contribution in [3.63, 3.8) is 0 Å². The molecule has 0 radical (unpaired) electrons. The SMILES string of the molecule is COc1ccc(CO)cc1COCC1CCOCC1. The molecule has 0 aromatic heterocycles. The molecule has 19 heavy (non-hydrogen) atoms. The normalized spacial score (nSPS) is 16.5. The van der Waals surface area contributed by atoms with Crippen molar-refractivity contribution in [1.82, 2.24) is 0 Å². The Kier molecular flexibility index (Phi) is 5.63. The van der Waals surface area contributed by atoms with Crippen molar-refractivity contribution in [3.8, 4) is 5.75 Å². The minimum atomic E-state index is 0.0386. The van der Waals surface area contributed by atoms with Crippen LogP contribution in [0.15, 0.2) is 18.2 Å². The van der Waals surface area contributed by atoms with E-state index in [-0.39, 0.29) is 6.61 Å². The van der Waals surface area contributed by atoms with Crippen LogP contribution in [0.2, 0.25) is 0 Å². The number of benzene rings is 1. The molecule has 0 aliphatic carbocycles. The van der Waals surface area contributed by atoms with Crippen LogP contribution in [0.25, 0.3) is 0 Å². The third-order valence-electron chi connectivity index (χ3n) is 3.48. The van der Waals surface area contributed by atoms with Gasteiger partial charge in [-0.1, -0.05) is 6.07 Å². The molecule has 4 nitrogen and oxygen atoms in total. The van der Waals surface area contributed by atoms with Crippen LogP contribution in [-0.4, -0.2) is 32.0 Å². The molecule has 1 heterocycles. The van der Waals surface area contributed by atoms with Gasteiger partial charge in [-0.3, -0.25) is 0 Å². The minimum Gasteiger partial charge on any atom is -0.496 e. The van der Waals surface area contributed by atoms with E-state index in [9.17, 15) is 0 Å². The van der Waals surface area contributed by atoms with Crippen molar-refractivity contribution < 1.29 is 19.3 Å². The zero-order valence-corrected chi connectivity index (χ0v) is 11.4. The van der Waals surface area contributed by atoms with Crippen molar-refractivity contribution in [1.29, 1.82) is 0 Å². The second kappa shape index (κ2) is 7.48. The van der Waals surface area contributed by atoms with E-state index >= 15 is 0 Å². The number of aliphatic hydroxyl groups is 1. The van der Waals surface area contributed by atoms with Crippen LogP contribution in [0.5, 0.6) is 5.75 Å². The first-order chi connectivity index (χ1) is 9.33. The highest BCUT2D eigenvalue weighted by atomic mass is 16.5. The summed E-state index contributed by atoms with van der Waals surface area (Å²) >= 11 is 0. The lowest BCUT2D eigenvalue weighted by molar-refractivity contribution is 0.0153. The van der Waals surface area contributed by atoms with Crippen molar-refractivity contribution in [2.75, 3.05) is 26.9 Å². The molecule has 1 aliphatic heterocycles. The van der Waals surface area contributed by atoms with Crippen LogP contribution in [-0.2, 0) is 22.7 Å². The molecule has 0 saturated carbocycles. The summed E-state index contributed by atoms with van der Waals surface area (Å²) in [5.41, 5.74) is 1.87. The van der Waals surface area contributed by atoms with Crippen LogP contribution < -0.4 is 4.74 Å². The molecule has 2 rings (SSSR count). The zero-order valence-electron chi connectivity index (χ0n) is 11.4. The summed E-state index contributed by atoms with van der Waals surface area (Å²) in [5, 5.41) is 9.16. The molecular formula is C15H22O4. The molecule has 0 amide bonds. The Morgan fingerprint density at radius 1 is 1.32 bits per heavy atom. The number of rotatable bonds is 6. The van der Waals surface area contributed by atoms with Crippen molar-refractivity contribution in [3.05, 3.63) is 29.3 Å². The summed E-state index contributed by atoms with van der Waals surface area (Å²) in [6.45, 7) is 3.01. The van der Waals surface area contributed by atoms with Gasteiger partial charge < -0.3 is 19.3 Å². The summed E-state index contributed by atoms with van der Waals surface area (Å²) < 4.78 is 16.4. The van der Waals surface area contributed by atoms with Crippen molar-refractivity contribution in [2.24, 2.45) is 5.92 Å². The van der Waals surface area contributed by atoms with E-state index in [0.717, 1.165) is 49.5 Å². The Hall–Kier alpha value is -1.10. The molecule has 1 aromatic rings. The van der Waals surface area contributed by atoms with Gasteiger partial charge in [-0.05, 0) is 36.5 Å². The third-order valence-corrected chi connectivity index (χ3v) is 3.48. The van der Waals surface area contributed by atoms with Gasteiger partial charge in [0.2, 0.25) is 0 Å². The standard InChI is InChI=1S/C15H22O4/c1-17-15-3-2-13(9-16)8-14(15)11-19-10-12-4-6-18-7-5-12/h2-3,8,12,16H,4-7,9-11H2,1H3. The monoisotopic (exact) mass is 266 g/mol. The number of aliphatic hydroxyl groups excluding tert-OH is 1. The number of hydrogen-bond acceptors (Lipinski definition) is 4. The average molecular weight is 266 g/mol. The lowest BCUT2D eigenvalue weighted by Gasteiger charge is -2.22. The first-order valence-electron chi connectivity index (χ1n) is 6.75. The van der Waals surface area contributed by atoms with Crippen LogP contribution in [0.4, 0.5) is 0 Å². The molecule has 1 fully saturated rings. The van der Waals surface area contributed by atoms with Gasteiger partial charge in [0.15, 0.2) is 0 Å². The maximum absolute atomic E-state index is 9.16. The number of methoxy groups -OCH3 is 1. The van der Waals surface area contributed by atoms with E-state index in [4.69, 9.17) is 19.3 Å². The molecule has 0 bridgehead atoms. The lowest BCUT2D eigenvalue weighted by atomic mass is 10.0. The molecule has 1 saturated heterocycles. The fraction of sp³-hybridized carbons (Fsp3) is 0.600. The van der Waals surface area contributed by atoms with E-state index in [2.05, 4.69) is 0 Å². The number of hydrogen-bond donors (Lipinski definition) is 1. The fourth-order valence-electron chi connectivity index (χ4n) is 2.29. The summed E-state index contributed by atoms with van der Waals surface area (Å²) in [6.07, 6.45) is 2.15. The Bertz CT molecular complexity index is 386. The third kappa shape index (κ3) is 4.20. The van der Waals surface area contributed by atoms with Gasteiger partial charge in [-0.25, -0.2) is 0 Å². The lowest BCUT2D eigenvalue weighted by Crippen LogP contribution is -2.20. The van der Waals surface area contributed by atoms with Crippen LogP contribution >= 0.6 is 0 Å².